The zero-order chi connectivity index (χ0) is 15.0. The molecule has 108 valence electrons. The number of alkyl halides is 2. The maximum Gasteiger partial charge on any atom is 0.248 e. The lowest BCUT2D eigenvalue weighted by Gasteiger charge is -2.35. The van der Waals surface area contributed by atoms with Crippen LogP contribution in [0.3, 0.4) is 0 Å². The van der Waals surface area contributed by atoms with Gasteiger partial charge in [-0.05, 0) is 55.7 Å². The molecule has 0 spiro atoms. The number of hydrogen-bond acceptors (Lipinski definition) is 1. The van der Waals surface area contributed by atoms with E-state index in [0.717, 1.165) is 17.1 Å². The minimum atomic E-state index is -2.47. The monoisotopic (exact) mass is 286 g/mol. The highest BCUT2D eigenvalue weighted by molar-refractivity contribution is 5.42. The van der Waals surface area contributed by atoms with Crippen molar-refractivity contribution in [3.8, 4) is 11.8 Å². The van der Waals surface area contributed by atoms with E-state index in [2.05, 4.69) is 10.6 Å². The Labute approximate surface area is 122 Å². The Morgan fingerprint density at radius 1 is 1.19 bits per heavy atom. The third kappa shape index (κ3) is 2.69. The standard InChI is InChI=1S/C17H16F2N2/c1-12-2-5-16(8-14-9-17(18,19)10-14)21(12)15-6-3-13(11-20)4-7-15/h2-7,14H,8-10H2,1H3. The molecule has 0 unspecified atom stereocenters. The second-order valence-corrected chi connectivity index (χ2v) is 5.79. The normalized spacial score (nSPS) is 17.2. The van der Waals surface area contributed by atoms with Gasteiger partial charge in [0, 0.05) is 29.9 Å². The molecular weight excluding hydrogens is 270 g/mol. The molecule has 0 N–H and O–H groups in total. The highest BCUT2D eigenvalue weighted by atomic mass is 19.3. The Morgan fingerprint density at radius 2 is 1.86 bits per heavy atom. The van der Waals surface area contributed by atoms with Crippen molar-refractivity contribution >= 4 is 0 Å². The van der Waals surface area contributed by atoms with Gasteiger partial charge in [-0.1, -0.05) is 0 Å². The first-order chi connectivity index (χ1) is 9.98. The first-order valence-electron chi connectivity index (χ1n) is 7.04. The van der Waals surface area contributed by atoms with Crippen LogP contribution < -0.4 is 0 Å². The second kappa shape index (κ2) is 5.00. The zero-order valence-electron chi connectivity index (χ0n) is 11.8. The summed E-state index contributed by atoms with van der Waals surface area (Å²) >= 11 is 0. The average Bonchev–Trinajstić information content (AvgIpc) is 2.78. The van der Waals surface area contributed by atoms with Gasteiger partial charge in [0.1, 0.15) is 0 Å². The third-order valence-electron chi connectivity index (χ3n) is 4.08. The molecule has 3 rings (SSSR count). The number of rotatable bonds is 3. The highest BCUT2D eigenvalue weighted by Gasteiger charge is 2.45. The second-order valence-electron chi connectivity index (χ2n) is 5.79. The predicted molar refractivity (Wildman–Crippen MR) is 76.6 cm³/mol. The number of nitriles is 1. The predicted octanol–water partition coefficient (Wildman–Crippen LogP) is 4.25. The summed E-state index contributed by atoms with van der Waals surface area (Å²) in [7, 11) is 0. The Morgan fingerprint density at radius 3 is 2.43 bits per heavy atom. The zero-order valence-corrected chi connectivity index (χ0v) is 11.8. The van der Waals surface area contributed by atoms with E-state index in [1.165, 1.54) is 0 Å². The van der Waals surface area contributed by atoms with Gasteiger partial charge in [0.25, 0.3) is 0 Å². The van der Waals surface area contributed by atoms with Crippen molar-refractivity contribution in [2.75, 3.05) is 0 Å². The smallest absolute Gasteiger partial charge is 0.248 e. The number of hydrogen-bond donors (Lipinski definition) is 0. The Bertz CT molecular complexity index is 685. The fraction of sp³-hybridized carbons (Fsp3) is 0.353. The molecule has 0 radical (unpaired) electrons. The third-order valence-corrected chi connectivity index (χ3v) is 4.08. The van der Waals surface area contributed by atoms with Crippen LogP contribution in [0.5, 0.6) is 0 Å². The van der Waals surface area contributed by atoms with E-state index in [4.69, 9.17) is 5.26 Å². The Balaban J connectivity index is 1.85. The van der Waals surface area contributed by atoms with E-state index in [1.807, 2.05) is 31.2 Å². The van der Waals surface area contributed by atoms with Crippen LogP contribution in [0.4, 0.5) is 8.78 Å². The molecule has 0 amide bonds. The lowest BCUT2D eigenvalue weighted by molar-refractivity contribution is -0.110. The minimum Gasteiger partial charge on any atom is -0.318 e. The molecule has 0 saturated heterocycles. The maximum atomic E-state index is 13.0. The number of aromatic nitrogens is 1. The molecule has 1 aliphatic carbocycles. The SMILES string of the molecule is Cc1ccc(CC2CC(F)(F)C2)n1-c1ccc(C#N)cc1. The van der Waals surface area contributed by atoms with Crippen LogP contribution in [0.25, 0.3) is 5.69 Å². The summed E-state index contributed by atoms with van der Waals surface area (Å²) in [4.78, 5) is 0. The highest BCUT2D eigenvalue weighted by Crippen LogP contribution is 2.44. The molecule has 1 aromatic heterocycles. The number of benzene rings is 1. The summed E-state index contributed by atoms with van der Waals surface area (Å²) in [5.74, 6) is -2.41. The molecule has 21 heavy (non-hydrogen) atoms. The van der Waals surface area contributed by atoms with Gasteiger partial charge < -0.3 is 4.57 Å². The van der Waals surface area contributed by atoms with Gasteiger partial charge in [0.15, 0.2) is 0 Å². The van der Waals surface area contributed by atoms with Gasteiger partial charge >= 0.3 is 0 Å². The van der Waals surface area contributed by atoms with Gasteiger partial charge in [0.2, 0.25) is 5.92 Å². The van der Waals surface area contributed by atoms with Crippen LogP contribution in [0.1, 0.15) is 29.8 Å². The van der Waals surface area contributed by atoms with Crippen molar-refractivity contribution in [2.45, 2.75) is 32.1 Å². The average molecular weight is 286 g/mol. The number of aryl methyl sites for hydroxylation is 1. The van der Waals surface area contributed by atoms with Crippen molar-refractivity contribution in [2.24, 2.45) is 5.92 Å². The van der Waals surface area contributed by atoms with E-state index >= 15 is 0 Å². The lowest BCUT2D eigenvalue weighted by Crippen LogP contribution is -2.36. The van der Waals surface area contributed by atoms with Gasteiger partial charge in [-0.25, -0.2) is 8.78 Å². The molecule has 1 aromatic carbocycles. The van der Waals surface area contributed by atoms with Crippen LogP contribution in [0, 0.1) is 24.2 Å². The molecule has 1 saturated carbocycles. The fourth-order valence-electron chi connectivity index (χ4n) is 3.03. The summed E-state index contributed by atoms with van der Waals surface area (Å²) in [6.45, 7) is 2.00. The molecule has 2 nitrogen and oxygen atoms in total. The molecule has 1 heterocycles. The van der Waals surface area contributed by atoms with Gasteiger partial charge in [-0.15, -0.1) is 0 Å². The first-order valence-corrected chi connectivity index (χ1v) is 7.04. The van der Waals surface area contributed by atoms with E-state index in [9.17, 15) is 8.78 Å². The first kappa shape index (κ1) is 13.8. The van der Waals surface area contributed by atoms with Crippen LogP contribution in [-0.2, 0) is 6.42 Å². The Kier molecular flexibility index (Phi) is 3.29. The molecule has 0 aliphatic heterocycles. The fourth-order valence-corrected chi connectivity index (χ4v) is 3.03. The van der Waals surface area contributed by atoms with Gasteiger partial charge in [-0.3, -0.25) is 0 Å². The van der Waals surface area contributed by atoms with E-state index in [0.29, 0.717) is 12.0 Å². The van der Waals surface area contributed by atoms with Crippen molar-refractivity contribution in [3.63, 3.8) is 0 Å². The van der Waals surface area contributed by atoms with E-state index < -0.39 is 5.92 Å². The topological polar surface area (TPSA) is 28.7 Å². The number of halogens is 2. The molecule has 1 fully saturated rings. The summed E-state index contributed by atoms with van der Waals surface area (Å²) in [6.07, 6.45) is 0.651. The largest absolute Gasteiger partial charge is 0.318 e. The van der Waals surface area contributed by atoms with Crippen LogP contribution in [-0.4, -0.2) is 10.5 Å². The molecule has 0 atom stereocenters. The van der Waals surface area contributed by atoms with Gasteiger partial charge in [-0.2, -0.15) is 5.26 Å². The maximum absolute atomic E-state index is 13.0. The van der Waals surface area contributed by atoms with Crippen LogP contribution in [0.15, 0.2) is 36.4 Å². The van der Waals surface area contributed by atoms with Gasteiger partial charge in [0.05, 0.1) is 11.6 Å². The van der Waals surface area contributed by atoms with Crippen LogP contribution >= 0.6 is 0 Å². The molecular formula is C17H16F2N2. The quantitative estimate of drug-likeness (QED) is 0.829. The van der Waals surface area contributed by atoms with Crippen molar-refractivity contribution in [1.82, 2.24) is 4.57 Å². The number of nitrogens with zero attached hydrogens (tertiary/aromatic N) is 2. The van der Waals surface area contributed by atoms with Crippen molar-refractivity contribution in [1.29, 1.82) is 5.26 Å². The Hall–Kier alpha value is -2.15. The van der Waals surface area contributed by atoms with Crippen molar-refractivity contribution < 1.29 is 8.78 Å². The summed E-state index contributed by atoms with van der Waals surface area (Å²) in [5.41, 5.74) is 3.71. The van der Waals surface area contributed by atoms with Crippen molar-refractivity contribution in [3.05, 3.63) is 53.3 Å². The summed E-state index contributed by atoms with van der Waals surface area (Å²) in [5, 5.41) is 8.85. The van der Waals surface area contributed by atoms with E-state index in [1.54, 1.807) is 12.1 Å². The minimum absolute atomic E-state index is 0.00933. The van der Waals surface area contributed by atoms with E-state index in [-0.39, 0.29) is 18.8 Å². The molecule has 0 bridgehead atoms. The molecule has 1 aliphatic rings. The van der Waals surface area contributed by atoms with Crippen LogP contribution in [0.2, 0.25) is 0 Å². The summed E-state index contributed by atoms with van der Waals surface area (Å²) in [6, 6.07) is 13.4. The molecule has 4 heteroatoms. The lowest BCUT2D eigenvalue weighted by atomic mass is 9.78. The summed E-state index contributed by atoms with van der Waals surface area (Å²) < 4.78 is 28.0. The molecule has 2 aromatic rings.